The molecular weight excluding hydrogens is 805 g/mol. The molecule has 0 amide bonds. The second kappa shape index (κ2) is 15.9. The second-order valence-electron chi connectivity index (χ2n) is 17.7. The van der Waals surface area contributed by atoms with Gasteiger partial charge in [0.05, 0.1) is 32.3 Å². The van der Waals surface area contributed by atoms with Crippen LogP contribution in [0.25, 0.3) is 21.5 Å². The summed E-state index contributed by atoms with van der Waals surface area (Å²) in [5.74, 6) is 0. The number of para-hydroxylation sites is 2. The first-order valence-corrected chi connectivity index (χ1v) is 23.5. The molecule has 2 atom stereocenters. The van der Waals surface area contributed by atoms with Crippen LogP contribution in [0.5, 0.6) is 0 Å². The smallest absolute Gasteiger partial charge is 0.210 e. The molecule has 0 fully saturated rings. The molecule has 0 saturated heterocycles. The van der Waals surface area contributed by atoms with Crippen molar-refractivity contribution in [2.24, 2.45) is 0 Å². The summed E-state index contributed by atoms with van der Waals surface area (Å²) in [7, 11) is 8.80. The molecule has 4 nitrogen and oxygen atoms in total. The molecule has 6 heteroatoms. The van der Waals surface area contributed by atoms with Gasteiger partial charge in [0.2, 0.25) is 11.4 Å². The van der Waals surface area contributed by atoms with Crippen LogP contribution in [0.15, 0.2) is 191 Å². The third kappa shape index (κ3) is 6.52. The van der Waals surface area contributed by atoms with Crippen LogP contribution >= 0.6 is 23.5 Å². The van der Waals surface area contributed by atoms with Gasteiger partial charge in [-0.3, -0.25) is 0 Å². The van der Waals surface area contributed by atoms with Crippen LogP contribution in [0, 0.1) is 0 Å². The number of allylic oxidation sites excluding steroid dienone is 8. The van der Waals surface area contributed by atoms with Gasteiger partial charge in [-0.25, -0.2) is 0 Å². The zero-order chi connectivity index (χ0) is 43.6. The van der Waals surface area contributed by atoms with Gasteiger partial charge in [0, 0.05) is 59.3 Å². The minimum atomic E-state index is -0.249. The molecule has 0 N–H and O–H groups in total. The Morgan fingerprint density at radius 1 is 0.556 bits per heavy atom. The van der Waals surface area contributed by atoms with Crippen LogP contribution in [0.3, 0.4) is 0 Å². The molecule has 0 aliphatic carbocycles. The average Bonchev–Trinajstić information content (AvgIpc) is 3.92. The quantitative estimate of drug-likeness (QED) is 0.100. The molecule has 63 heavy (non-hydrogen) atoms. The van der Waals surface area contributed by atoms with Crippen molar-refractivity contribution in [3.8, 4) is 0 Å². The summed E-state index contributed by atoms with van der Waals surface area (Å²) in [6, 6.07) is 40.3. The zero-order valence-corrected chi connectivity index (χ0v) is 38.8. The van der Waals surface area contributed by atoms with Crippen LogP contribution < -0.4 is 9.80 Å². The van der Waals surface area contributed by atoms with E-state index in [9.17, 15) is 0 Å². The number of hydrogen-bond acceptors (Lipinski definition) is 4. The number of nitrogens with zero attached hydrogens (tertiary/aromatic N) is 4. The Balaban J connectivity index is 1.06. The maximum Gasteiger partial charge on any atom is 0.210 e. The highest BCUT2D eigenvalue weighted by Gasteiger charge is 2.49. The Labute approximate surface area is 381 Å². The molecular formula is C57H54N4S2+2. The van der Waals surface area contributed by atoms with E-state index in [1.807, 2.05) is 23.5 Å². The van der Waals surface area contributed by atoms with E-state index in [4.69, 9.17) is 0 Å². The lowest BCUT2D eigenvalue weighted by molar-refractivity contribution is -0.401. The fraction of sp³-hybridized carbons (Fsp3) is 0.193. The summed E-state index contributed by atoms with van der Waals surface area (Å²) in [4.78, 5) is 7.16. The van der Waals surface area contributed by atoms with Crippen LogP contribution in [0.4, 0.5) is 22.7 Å². The standard InChI is InChI=1S/C57H54N4S2/c1-9-33-56(3)50(29-19-31-52-60(7)44-25-15-17-27-48(44)62-52)58(5)46-36-38(40-21-11-13-23-42(40)54(46)56)35-39-37-47-55(43-24-14-12-22-41(39)43)57(4,34-10-2)51(59(47)6)30-20-32-53-61(8)45-26-16-18-28-49(45)63-53/h9-32,36-37H,1-2,33-35H2,3-8H3/q+2. The largest absolute Gasteiger partial charge is 0.338 e. The predicted molar refractivity (Wildman–Crippen MR) is 273 cm³/mol. The molecule has 2 unspecified atom stereocenters. The van der Waals surface area contributed by atoms with Crippen molar-refractivity contribution in [2.45, 2.75) is 53.7 Å². The van der Waals surface area contributed by atoms with Gasteiger partial charge in [-0.15, -0.1) is 13.2 Å². The van der Waals surface area contributed by atoms with Crippen molar-refractivity contribution >= 4 is 79.2 Å². The van der Waals surface area contributed by atoms with E-state index in [2.05, 4.69) is 232 Å². The Morgan fingerprint density at radius 2 is 0.937 bits per heavy atom. The molecule has 0 spiro atoms. The van der Waals surface area contributed by atoms with Gasteiger partial charge in [0.25, 0.3) is 0 Å². The fourth-order valence-corrected chi connectivity index (χ4v) is 13.0. The molecule has 6 aromatic rings. The van der Waals surface area contributed by atoms with E-state index in [-0.39, 0.29) is 10.8 Å². The van der Waals surface area contributed by atoms with Gasteiger partial charge in [0.15, 0.2) is 11.4 Å². The highest BCUT2D eigenvalue weighted by molar-refractivity contribution is 8.04. The van der Waals surface area contributed by atoms with Gasteiger partial charge in [-0.05, 0) is 102 Å². The van der Waals surface area contributed by atoms with Crippen LogP contribution in [-0.2, 0) is 17.3 Å². The number of fused-ring (bicyclic) bond motifs is 8. The summed E-state index contributed by atoms with van der Waals surface area (Å²) in [6.07, 6.45) is 20.3. The Hall–Kier alpha value is -6.08. The molecule has 0 radical (unpaired) electrons. The SMILES string of the molecule is C=CCC1(C)C(/C=C/C=C2\Sc3ccccc3N2C)=[N+](C)c2cc(Cc3cc4c(c5ccccc35)C(C)(CC=C)C(/C=C/C=C3\Sc5ccccc5N3C)=[N+]4C)c3ccccc3c21. The maximum atomic E-state index is 4.27. The first-order valence-electron chi connectivity index (χ1n) is 21.9. The van der Waals surface area contributed by atoms with E-state index in [1.165, 1.54) is 97.8 Å². The van der Waals surface area contributed by atoms with Crippen molar-refractivity contribution in [1.29, 1.82) is 0 Å². The summed E-state index contributed by atoms with van der Waals surface area (Å²) in [5.41, 5.74) is 12.5. The molecule has 312 valence electrons. The zero-order valence-electron chi connectivity index (χ0n) is 37.2. The van der Waals surface area contributed by atoms with Gasteiger partial charge in [-0.1, -0.05) is 121 Å². The molecule has 0 bridgehead atoms. The van der Waals surface area contributed by atoms with Crippen molar-refractivity contribution in [1.82, 2.24) is 0 Å². The Kier molecular flexibility index (Phi) is 10.4. The molecule has 0 aromatic heterocycles. The summed E-state index contributed by atoms with van der Waals surface area (Å²) in [5, 5.41) is 7.69. The van der Waals surface area contributed by atoms with Gasteiger partial charge in [-0.2, -0.15) is 9.15 Å². The van der Waals surface area contributed by atoms with E-state index in [0.29, 0.717) is 0 Å². The number of anilines is 2. The van der Waals surface area contributed by atoms with Crippen LogP contribution in [0.2, 0.25) is 0 Å². The lowest BCUT2D eigenvalue weighted by atomic mass is 9.73. The minimum absolute atomic E-state index is 0.249. The number of hydrogen-bond donors (Lipinski definition) is 0. The maximum absolute atomic E-state index is 4.27. The molecule has 4 aliphatic heterocycles. The molecule has 6 aromatic carbocycles. The monoisotopic (exact) mass is 858 g/mol. The third-order valence-electron chi connectivity index (χ3n) is 13.9. The van der Waals surface area contributed by atoms with Gasteiger partial charge in [0.1, 0.15) is 14.1 Å². The Bertz CT molecular complexity index is 2920. The second-order valence-corrected chi connectivity index (χ2v) is 19.8. The number of thioether (sulfide) groups is 2. The Morgan fingerprint density at radius 3 is 1.33 bits per heavy atom. The highest BCUT2D eigenvalue weighted by atomic mass is 32.2. The van der Waals surface area contributed by atoms with Crippen molar-refractivity contribution in [3.05, 3.63) is 203 Å². The first kappa shape index (κ1) is 41.0. The summed E-state index contributed by atoms with van der Waals surface area (Å²) < 4.78 is 4.87. The van der Waals surface area contributed by atoms with Crippen LogP contribution in [-0.4, -0.2) is 48.8 Å². The molecule has 4 aliphatic rings. The van der Waals surface area contributed by atoms with E-state index in [0.717, 1.165) is 19.3 Å². The number of benzene rings is 6. The van der Waals surface area contributed by atoms with Crippen molar-refractivity contribution in [3.63, 3.8) is 0 Å². The van der Waals surface area contributed by atoms with E-state index < -0.39 is 0 Å². The topological polar surface area (TPSA) is 12.5 Å². The summed E-state index contributed by atoms with van der Waals surface area (Å²) in [6.45, 7) is 13.3. The average molecular weight is 859 g/mol. The third-order valence-corrected chi connectivity index (χ3v) is 16.3. The fourth-order valence-electron chi connectivity index (χ4n) is 10.9. The lowest BCUT2D eigenvalue weighted by Gasteiger charge is -2.23. The molecule has 4 heterocycles. The van der Waals surface area contributed by atoms with Crippen molar-refractivity contribution in [2.75, 3.05) is 38.0 Å². The molecule has 0 saturated carbocycles. The van der Waals surface area contributed by atoms with Gasteiger partial charge < -0.3 is 9.80 Å². The van der Waals surface area contributed by atoms with Crippen molar-refractivity contribution < 1.29 is 9.15 Å². The molecule has 10 rings (SSSR count). The lowest BCUT2D eigenvalue weighted by Crippen LogP contribution is -2.30. The highest BCUT2D eigenvalue weighted by Crippen LogP contribution is 2.51. The normalized spacial score (nSPS) is 21.6. The van der Waals surface area contributed by atoms with Gasteiger partial charge >= 0.3 is 0 Å². The van der Waals surface area contributed by atoms with E-state index >= 15 is 0 Å². The predicted octanol–water partition coefficient (Wildman–Crippen LogP) is 14.0. The van der Waals surface area contributed by atoms with Crippen LogP contribution in [0.1, 0.15) is 48.9 Å². The van der Waals surface area contributed by atoms with E-state index in [1.54, 1.807) is 0 Å². The summed E-state index contributed by atoms with van der Waals surface area (Å²) >= 11 is 3.65. The minimum Gasteiger partial charge on any atom is -0.338 e. The first-order chi connectivity index (χ1) is 30.6. The number of rotatable bonds is 10.